The van der Waals surface area contributed by atoms with Gasteiger partial charge in [-0.15, -0.1) is 0 Å². The van der Waals surface area contributed by atoms with Crippen LogP contribution in [0.5, 0.6) is 5.88 Å². The summed E-state index contributed by atoms with van der Waals surface area (Å²) in [4.78, 5) is 17.0. The van der Waals surface area contributed by atoms with Crippen LogP contribution in [0.25, 0.3) is 11.4 Å². The summed E-state index contributed by atoms with van der Waals surface area (Å²) in [6.07, 6.45) is 5.18. The zero-order chi connectivity index (χ0) is 15.0. The van der Waals surface area contributed by atoms with E-state index in [2.05, 4.69) is 35.9 Å². The first kappa shape index (κ1) is 13.9. The summed E-state index contributed by atoms with van der Waals surface area (Å²) in [6, 6.07) is 0. The molecule has 0 radical (unpaired) electrons. The molecule has 1 aliphatic carbocycles. The minimum absolute atomic E-state index is 0.144. The predicted molar refractivity (Wildman–Crippen MR) is 81.8 cm³/mol. The van der Waals surface area contributed by atoms with Crippen molar-refractivity contribution in [3.05, 3.63) is 23.8 Å². The van der Waals surface area contributed by atoms with Crippen molar-refractivity contribution in [1.82, 2.24) is 19.9 Å². The van der Waals surface area contributed by atoms with Crippen molar-refractivity contribution in [2.24, 2.45) is 0 Å². The van der Waals surface area contributed by atoms with Crippen LogP contribution >= 0.6 is 15.9 Å². The Morgan fingerprint density at radius 2 is 2.14 bits per heavy atom. The molecule has 108 valence electrons. The fourth-order valence-electron chi connectivity index (χ4n) is 2.10. The van der Waals surface area contributed by atoms with Crippen molar-refractivity contribution in [1.29, 1.82) is 5.41 Å². The van der Waals surface area contributed by atoms with Gasteiger partial charge < -0.3 is 10.5 Å². The Balaban J connectivity index is 2.15. The van der Waals surface area contributed by atoms with Crippen LogP contribution in [-0.2, 0) is 0 Å². The summed E-state index contributed by atoms with van der Waals surface area (Å²) < 4.78 is 5.46. The van der Waals surface area contributed by atoms with Crippen LogP contribution in [0.4, 0.5) is 5.82 Å². The lowest BCUT2D eigenvalue weighted by Gasteiger charge is -2.11. The normalized spacial score (nSPS) is 14.0. The monoisotopic (exact) mass is 348 g/mol. The highest BCUT2D eigenvalue weighted by atomic mass is 79.9. The van der Waals surface area contributed by atoms with Gasteiger partial charge in [-0.1, -0.05) is 0 Å². The standard InChI is InChI=1S/C13H13BrN6O/c1-21-13-8(9(6-2-3-6)18-5-19-13)12-17-4-7(10(14)15)11(16)20-12/h4-6,15H,2-3H2,1H3,(H2,16,17,20). The molecular formula is C13H13BrN6O. The number of nitrogens with two attached hydrogens (primary N) is 1. The Morgan fingerprint density at radius 1 is 1.38 bits per heavy atom. The Bertz CT molecular complexity index is 716. The van der Waals surface area contributed by atoms with Gasteiger partial charge in [0.1, 0.15) is 22.3 Å². The second-order valence-corrected chi connectivity index (χ2v) is 5.52. The molecule has 0 unspecified atom stereocenters. The van der Waals surface area contributed by atoms with E-state index in [9.17, 15) is 0 Å². The number of nitrogens with zero attached hydrogens (tertiary/aromatic N) is 4. The van der Waals surface area contributed by atoms with Crippen LogP contribution in [0.2, 0.25) is 0 Å². The third-order valence-electron chi connectivity index (χ3n) is 3.28. The van der Waals surface area contributed by atoms with Gasteiger partial charge in [-0.2, -0.15) is 0 Å². The Hall–Kier alpha value is -2.09. The molecule has 0 bridgehead atoms. The molecule has 0 amide bonds. The van der Waals surface area contributed by atoms with Crippen LogP contribution in [0.3, 0.4) is 0 Å². The third kappa shape index (κ3) is 2.58. The molecule has 21 heavy (non-hydrogen) atoms. The minimum atomic E-state index is 0.144. The Labute approximate surface area is 129 Å². The molecule has 0 aliphatic heterocycles. The summed E-state index contributed by atoms with van der Waals surface area (Å²) in [5.74, 6) is 1.49. The average molecular weight is 349 g/mol. The van der Waals surface area contributed by atoms with Gasteiger partial charge in [-0.25, -0.2) is 19.9 Å². The van der Waals surface area contributed by atoms with E-state index in [1.165, 1.54) is 12.5 Å². The van der Waals surface area contributed by atoms with Gasteiger partial charge in [0.2, 0.25) is 5.88 Å². The van der Waals surface area contributed by atoms with Gasteiger partial charge in [0.25, 0.3) is 0 Å². The molecule has 2 aromatic heterocycles. The summed E-state index contributed by atoms with van der Waals surface area (Å²) in [6.45, 7) is 0. The molecule has 2 heterocycles. The number of anilines is 1. The third-order valence-corrected chi connectivity index (χ3v) is 3.70. The largest absolute Gasteiger partial charge is 0.480 e. The Morgan fingerprint density at radius 3 is 2.71 bits per heavy atom. The van der Waals surface area contributed by atoms with Gasteiger partial charge in [-0.3, -0.25) is 5.41 Å². The summed E-state index contributed by atoms with van der Waals surface area (Å²) in [5, 5.41) is 7.56. The number of methoxy groups -OCH3 is 1. The predicted octanol–water partition coefficient (Wildman–Crippen LogP) is 2.12. The van der Waals surface area contributed by atoms with Crippen molar-refractivity contribution in [3.63, 3.8) is 0 Å². The number of nitrogens with one attached hydrogen (secondary N) is 1. The van der Waals surface area contributed by atoms with E-state index in [-0.39, 0.29) is 10.4 Å². The second kappa shape index (κ2) is 5.36. The molecule has 3 rings (SSSR count). The lowest BCUT2D eigenvalue weighted by molar-refractivity contribution is 0.397. The number of rotatable bonds is 4. The smallest absolute Gasteiger partial charge is 0.227 e. The molecule has 1 fully saturated rings. The average Bonchev–Trinajstić information content (AvgIpc) is 3.30. The second-order valence-electron chi connectivity index (χ2n) is 4.72. The first-order valence-corrected chi connectivity index (χ1v) is 7.17. The number of nitrogen functional groups attached to an aromatic ring is 1. The highest BCUT2D eigenvalue weighted by Gasteiger charge is 2.31. The molecule has 0 saturated heterocycles. The molecule has 8 heteroatoms. The number of hydrogen-bond acceptors (Lipinski definition) is 7. The van der Waals surface area contributed by atoms with Crippen molar-refractivity contribution in [2.75, 3.05) is 12.8 Å². The molecule has 0 aromatic carbocycles. The quantitative estimate of drug-likeness (QED) is 0.818. The lowest BCUT2D eigenvalue weighted by Crippen LogP contribution is -2.06. The SMILES string of the molecule is COc1ncnc(C2CC2)c1-c1ncc(C(=N)Br)c(N)n1. The number of hydrogen-bond donors (Lipinski definition) is 2. The van der Waals surface area contributed by atoms with Crippen LogP contribution in [0.15, 0.2) is 12.5 Å². The van der Waals surface area contributed by atoms with Crippen LogP contribution in [0.1, 0.15) is 30.0 Å². The molecule has 2 aromatic rings. The molecule has 1 aliphatic rings. The highest BCUT2D eigenvalue weighted by Crippen LogP contribution is 2.44. The molecule has 0 atom stereocenters. The fraction of sp³-hybridized carbons (Fsp3) is 0.308. The van der Waals surface area contributed by atoms with Crippen LogP contribution < -0.4 is 10.5 Å². The molecular weight excluding hydrogens is 336 g/mol. The van der Waals surface area contributed by atoms with E-state index in [0.717, 1.165) is 18.5 Å². The minimum Gasteiger partial charge on any atom is -0.480 e. The van der Waals surface area contributed by atoms with Crippen LogP contribution in [-0.4, -0.2) is 31.7 Å². The van der Waals surface area contributed by atoms with Gasteiger partial charge in [-0.05, 0) is 28.8 Å². The van der Waals surface area contributed by atoms with Gasteiger partial charge >= 0.3 is 0 Å². The maximum Gasteiger partial charge on any atom is 0.227 e. The van der Waals surface area contributed by atoms with Gasteiger partial charge in [0.15, 0.2) is 5.82 Å². The number of ether oxygens (including phenoxy) is 1. The number of aromatic nitrogens is 4. The topological polar surface area (TPSA) is 111 Å². The van der Waals surface area contributed by atoms with Crippen molar-refractivity contribution in [3.8, 4) is 17.3 Å². The highest BCUT2D eigenvalue weighted by molar-refractivity contribution is 9.18. The van der Waals surface area contributed by atoms with Crippen molar-refractivity contribution in [2.45, 2.75) is 18.8 Å². The first-order valence-electron chi connectivity index (χ1n) is 6.38. The summed E-state index contributed by atoms with van der Waals surface area (Å²) >= 11 is 3.06. The van der Waals surface area contributed by atoms with Crippen molar-refractivity contribution < 1.29 is 4.74 Å². The summed E-state index contributed by atoms with van der Waals surface area (Å²) in [7, 11) is 1.55. The van der Waals surface area contributed by atoms with E-state index in [4.69, 9.17) is 15.9 Å². The maximum atomic E-state index is 7.56. The van der Waals surface area contributed by atoms with Gasteiger partial charge in [0.05, 0.1) is 18.4 Å². The number of halogens is 1. The van der Waals surface area contributed by atoms with E-state index >= 15 is 0 Å². The van der Waals surface area contributed by atoms with Crippen molar-refractivity contribution >= 4 is 26.4 Å². The van der Waals surface area contributed by atoms with E-state index in [1.807, 2.05) is 0 Å². The lowest BCUT2D eigenvalue weighted by atomic mass is 10.1. The van der Waals surface area contributed by atoms with E-state index < -0.39 is 0 Å². The molecule has 7 nitrogen and oxygen atoms in total. The fourth-order valence-corrected chi connectivity index (χ4v) is 2.40. The summed E-state index contributed by atoms with van der Waals surface area (Å²) in [5.41, 5.74) is 7.91. The molecule has 3 N–H and O–H groups in total. The zero-order valence-electron chi connectivity index (χ0n) is 11.3. The van der Waals surface area contributed by atoms with Gasteiger partial charge in [0, 0.05) is 12.1 Å². The molecule has 1 saturated carbocycles. The van der Waals surface area contributed by atoms with Crippen LogP contribution in [0, 0.1) is 5.41 Å². The molecule has 0 spiro atoms. The maximum absolute atomic E-state index is 7.56. The Kier molecular flexibility index (Phi) is 3.54. The zero-order valence-corrected chi connectivity index (χ0v) is 12.9. The van der Waals surface area contributed by atoms with E-state index in [0.29, 0.717) is 28.7 Å². The first-order chi connectivity index (χ1) is 10.1. The van der Waals surface area contributed by atoms with E-state index in [1.54, 1.807) is 7.11 Å².